The number of ether oxygens (including phenoxy) is 2. The van der Waals surface area contributed by atoms with Crippen LogP contribution in [0.15, 0.2) is 48.5 Å². The second-order valence-corrected chi connectivity index (χ2v) is 6.06. The molecule has 148 valence electrons. The highest BCUT2D eigenvalue weighted by atomic mass is 35.5. The monoisotopic (exact) mass is 404 g/mol. The molecule has 0 fully saturated rings. The smallest absolute Gasteiger partial charge is 0.434 e. The number of benzene rings is 2. The first kappa shape index (κ1) is 21.2. The number of hydrogen-bond donors (Lipinski definition) is 2. The molecule has 0 radical (unpaired) electrons. The van der Waals surface area contributed by atoms with Crippen LogP contribution in [-0.4, -0.2) is 37.7 Å². The second kappa shape index (κ2) is 10.9. The van der Waals surface area contributed by atoms with Crippen molar-refractivity contribution in [3.63, 3.8) is 0 Å². The molecule has 2 rings (SSSR count). The van der Waals surface area contributed by atoms with Crippen molar-refractivity contribution < 1.29 is 23.9 Å². The summed E-state index contributed by atoms with van der Waals surface area (Å²) in [7, 11) is 0. The van der Waals surface area contributed by atoms with Crippen LogP contribution in [0.25, 0.3) is 0 Å². The summed E-state index contributed by atoms with van der Waals surface area (Å²) in [5, 5.41) is 5.90. The molecule has 8 heteroatoms. The van der Waals surface area contributed by atoms with E-state index in [2.05, 4.69) is 15.4 Å². The summed E-state index contributed by atoms with van der Waals surface area (Å²) >= 11 is 5.97. The standard InChI is InChI=1S/C20H21ClN2O5/c1-2-27-20(26)28-15-10-8-14(9-11-15)18(24)22-12-5-13-23-19(25)16-6-3-4-7-17(16)21/h3-4,6-11H,2,5,12-13H2,1H3,(H,22,24)(H,23,25). The van der Waals surface area contributed by atoms with Gasteiger partial charge in [-0.3, -0.25) is 9.59 Å². The summed E-state index contributed by atoms with van der Waals surface area (Å²) in [6.45, 7) is 2.69. The van der Waals surface area contributed by atoms with Crippen molar-refractivity contribution >= 4 is 29.6 Å². The maximum Gasteiger partial charge on any atom is 0.513 e. The topological polar surface area (TPSA) is 93.7 Å². The Kier molecular flexibility index (Phi) is 8.30. The van der Waals surface area contributed by atoms with E-state index in [1.54, 1.807) is 43.3 Å². The minimum atomic E-state index is -0.793. The molecule has 0 atom stereocenters. The molecule has 2 aromatic rings. The molecule has 0 aliphatic carbocycles. The molecule has 0 saturated carbocycles. The van der Waals surface area contributed by atoms with Crippen molar-refractivity contribution in [2.24, 2.45) is 0 Å². The molecular formula is C20H21ClN2O5. The molecule has 0 aliphatic heterocycles. The Balaban J connectivity index is 1.70. The van der Waals surface area contributed by atoms with Gasteiger partial charge in [0.2, 0.25) is 0 Å². The molecule has 2 N–H and O–H groups in total. The predicted molar refractivity (Wildman–Crippen MR) is 105 cm³/mol. The van der Waals surface area contributed by atoms with Gasteiger partial charge in [-0.25, -0.2) is 4.79 Å². The van der Waals surface area contributed by atoms with Gasteiger partial charge in [0.15, 0.2) is 0 Å². The predicted octanol–water partition coefficient (Wildman–Crippen LogP) is 3.43. The SMILES string of the molecule is CCOC(=O)Oc1ccc(C(=O)NCCCNC(=O)c2ccccc2Cl)cc1. The molecular weight excluding hydrogens is 384 g/mol. The molecule has 0 bridgehead atoms. The molecule has 0 spiro atoms. The lowest BCUT2D eigenvalue weighted by atomic mass is 10.2. The number of amides is 2. The lowest BCUT2D eigenvalue weighted by Gasteiger charge is -2.08. The highest BCUT2D eigenvalue weighted by Gasteiger charge is 2.10. The van der Waals surface area contributed by atoms with E-state index in [4.69, 9.17) is 16.3 Å². The van der Waals surface area contributed by atoms with E-state index in [0.717, 1.165) is 0 Å². The van der Waals surface area contributed by atoms with Gasteiger partial charge in [-0.1, -0.05) is 23.7 Å². The second-order valence-electron chi connectivity index (χ2n) is 5.65. The van der Waals surface area contributed by atoms with Crippen molar-refractivity contribution in [1.82, 2.24) is 10.6 Å². The van der Waals surface area contributed by atoms with Gasteiger partial charge in [-0.05, 0) is 49.7 Å². The minimum Gasteiger partial charge on any atom is -0.434 e. The Morgan fingerprint density at radius 2 is 1.57 bits per heavy atom. The van der Waals surface area contributed by atoms with E-state index in [0.29, 0.717) is 35.7 Å². The van der Waals surface area contributed by atoms with E-state index in [1.807, 2.05) is 0 Å². The van der Waals surface area contributed by atoms with Gasteiger partial charge >= 0.3 is 6.16 Å². The van der Waals surface area contributed by atoms with Gasteiger partial charge in [0.1, 0.15) is 5.75 Å². The fourth-order valence-corrected chi connectivity index (χ4v) is 2.47. The highest BCUT2D eigenvalue weighted by molar-refractivity contribution is 6.33. The molecule has 2 amide bonds. The average molecular weight is 405 g/mol. The quantitative estimate of drug-likeness (QED) is 0.399. The van der Waals surface area contributed by atoms with Crippen molar-refractivity contribution in [3.05, 3.63) is 64.7 Å². The Morgan fingerprint density at radius 1 is 0.929 bits per heavy atom. The highest BCUT2D eigenvalue weighted by Crippen LogP contribution is 2.14. The number of carbonyl (C=O) groups is 3. The van der Waals surface area contributed by atoms with Gasteiger partial charge < -0.3 is 20.1 Å². The van der Waals surface area contributed by atoms with Gasteiger partial charge in [-0.15, -0.1) is 0 Å². The molecule has 7 nitrogen and oxygen atoms in total. The van der Waals surface area contributed by atoms with Crippen LogP contribution in [0.2, 0.25) is 5.02 Å². The van der Waals surface area contributed by atoms with Crippen LogP contribution in [0, 0.1) is 0 Å². The van der Waals surface area contributed by atoms with E-state index in [1.165, 1.54) is 12.1 Å². The molecule has 0 aliphatic rings. The average Bonchev–Trinajstić information content (AvgIpc) is 2.68. The maximum atomic E-state index is 12.1. The largest absolute Gasteiger partial charge is 0.513 e. The van der Waals surface area contributed by atoms with Crippen molar-refractivity contribution in [2.75, 3.05) is 19.7 Å². The van der Waals surface area contributed by atoms with Gasteiger partial charge in [0.25, 0.3) is 11.8 Å². The van der Waals surface area contributed by atoms with Crippen molar-refractivity contribution in [1.29, 1.82) is 0 Å². The minimum absolute atomic E-state index is 0.220. The Bertz CT molecular complexity index is 824. The number of carbonyl (C=O) groups excluding carboxylic acids is 3. The molecule has 0 unspecified atom stereocenters. The number of rotatable bonds is 8. The summed E-state index contributed by atoms with van der Waals surface area (Å²) in [4.78, 5) is 35.3. The first-order chi connectivity index (χ1) is 13.5. The third kappa shape index (κ3) is 6.59. The molecule has 2 aromatic carbocycles. The Morgan fingerprint density at radius 3 is 2.21 bits per heavy atom. The van der Waals surface area contributed by atoms with Crippen LogP contribution in [0.5, 0.6) is 5.75 Å². The van der Waals surface area contributed by atoms with Crippen LogP contribution in [0.4, 0.5) is 4.79 Å². The summed E-state index contributed by atoms with van der Waals surface area (Å²) in [5.41, 5.74) is 0.842. The van der Waals surface area contributed by atoms with Gasteiger partial charge in [-0.2, -0.15) is 0 Å². The van der Waals surface area contributed by atoms with Crippen molar-refractivity contribution in [3.8, 4) is 5.75 Å². The Hall–Kier alpha value is -3.06. The first-order valence-electron chi connectivity index (χ1n) is 8.77. The van der Waals surface area contributed by atoms with E-state index < -0.39 is 6.16 Å². The Labute approximate surface area is 168 Å². The summed E-state index contributed by atoms with van der Waals surface area (Å²) in [6.07, 6.45) is -0.232. The zero-order valence-corrected chi connectivity index (χ0v) is 16.1. The summed E-state index contributed by atoms with van der Waals surface area (Å²) in [6, 6.07) is 12.9. The number of hydrogen-bond acceptors (Lipinski definition) is 5. The third-order valence-electron chi connectivity index (χ3n) is 3.62. The van der Waals surface area contributed by atoms with Crippen LogP contribution < -0.4 is 15.4 Å². The summed E-state index contributed by atoms with van der Waals surface area (Å²) in [5.74, 6) is -0.230. The zero-order valence-electron chi connectivity index (χ0n) is 15.4. The van der Waals surface area contributed by atoms with Crippen molar-refractivity contribution in [2.45, 2.75) is 13.3 Å². The zero-order chi connectivity index (χ0) is 20.4. The van der Waals surface area contributed by atoms with Gasteiger partial charge in [0, 0.05) is 18.7 Å². The van der Waals surface area contributed by atoms with E-state index >= 15 is 0 Å². The molecule has 28 heavy (non-hydrogen) atoms. The van der Waals surface area contributed by atoms with Gasteiger partial charge in [0.05, 0.1) is 17.2 Å². The van der Waals surface area contributed by atoms with E-state index in [9.17, 15) is 14.4 Å². The first-order valence-corrected chi connectivity index (χ1v) is 9.14. The fourth-order valence-electron chi connectivity index (χ4n) is 2.25. The normalized spacial score (nSPS) is 10.1. The maximum absolute atomic E-state index is 12.1. The number of nitrogens with one attached hydrogen (secondary N) is 2. The lowest BCUT2D eigenvalue weighted by Crippen LogP contribution is -2.30. The van der Waals surface area contributed by atoms with E-state index in [-0.39, 0.29) is 24.2 Å². The molecule has 0 heterocycles. The van der Waals surface area contributed by atoms with Crippen LogP contribution in [0.3, 0.4) is 0 Å². The molecule has 0 saturated heterocycles. The molecule has 0 aromatic heterocycles. The van der Waals surface area contributed by atoms with Crippen LogP contribution in [-0.2, 0) is 4.74 Å². The fraction of sp³-hybridized carbons (Fsp3) is 0.250. The van der Waals surface area contributed by atoms with Crippen LogP contribution >= 0.6 is 11.6 Å². The summed E-state index contributed by atoms with van der Waals surface area (Å²) < 4.78 is 9.60. The number of halogens is 1. The van der Waals surface area contributed by atoms with Crippen LogP contribution in [0.1, 0.15) is 34.1 Å². The third-order valence-corrected chi connectivity index (χ3v) is 3.95. The lowest BCUT2D eigenvalue weighted by molar-refractivity contribution is 0.0951.